The first-order chi connectivity index (χ1) is 13.2. The van der Waals surface area contributed by atoms with Gasteiger partial charge in [0.15, 0.2) is 0 Å². The lowest BCUT2D eigenvalue weighted by Crippen LogP contribution is -2.51. The summed E-state index contributed by atoms with van der Waals surface area (Å²) in [7, 11) is 0. The number of nitrogens with one attached hydrogen (secondary N) is 2. The van der Waals surface area contributed by atoms with Crippen molar-refractivity contribution in [2.45, 2.75) is 6.18 Å². The molecule has 0 aromatic heterocycles. The molecule has 1 aliphatic heterocycles. The van der Waals surface area contributed by atoms with Crippen molar-refractivity contribution < 1.29 is 22.8 Å². The molecule has 1 aromatic carbocycles. The second-order valence-corrected chi connectivity index (χ2v) is 6.79. The molecule has 10 heteroatoms. The van der Waals surface area contributed by atoms with Gasteiger partial charge in [0, 0.05) is 38.4 Å². The van der Waals surface area contributed by atoms with Gasteiger partial charge in [-0.3, -0.25) is 19.4 Å². The van der Waals surface area contributed by atoms with E-state index in [2.05, 4.69) is 17.2 Å². The molecule has 0 saturated carbocycles. The van der Waals surface area contributed by atoms with Gasteiger partial charge in [-0.25, -0.2) is 0 Å². The maximum Gasteiger partial charge on any atom is 0.417 e. The largest absolute Gasteiger partial charge is 0.417 e. The molecule has 28 heavy (non-hydrogen) atoms. The van der Waals surface area contributed by atoms with Crippen molar-refractivity contribution in [3.05, 3.63) is 41.4 Å². The van der Waals surface area contributed by atoms with E-state index in [1.807, 2.05) is 9.80 Å². The highest BCUT2D eigenvalue weighted by Gasteiger charge is 2.33. The minimum Gasteiger partial charge on any atom is -0.352 e. The number of rotatable bonds is 7. The summed E-state index contributed by atoms with van der Waals surface area (Å²) in [4.78, 5) is 27.7. The predicted molar refractivity (Wildman–Crippen MR) is 101 cm³/mol. The van der Waals surface area contributed by atoms with Gasteiger partial charge in [0.25, 0.3) is 0 Å². The quantitative estimate of drug-likeness (QED) is 0.666. The summed E-state index contributed by atoms with van der Waals surface area (Å²) in [6.07, 6.45) is -2.99. The van der Waals surface area contributed by atoms with Gasteiger partial charge in [0.1, 0.15) is 0 Å². The van der Waals surface area contributed by atoms with Crippen LogP contribution in [0.15, 0.2) is 30.9 Å². The van der Waals surface area contributed by atoms with Crippen LogP contribution in [-0.4, -0.2) is 67.4 Å². The van der Waals surface area contributed by atoms with Crippen LogP contribution in [0.1, 0.15) is 5.56 Å². The van der Waals surface area contributed by atoms with Gasteiger partial charge in [-0.05, 0) is 18.2 Å². The molecule has 0 bridgehead atoms. The molecule has 154 valence electrons. The van der Waals surface area contributed by atoms with Crippen molar-refractivity contribution in [1.29, 1.82) is 0 Å². The average molecular weight is 419 g/mol. The molecule has 1 aromatic rings. The van der Waals surface area contributed by atoms with E-state index in [0.29, 0.717) is 32.7 Å². The highest BCUT2D eigenvalue weighted by atomic mass is 35.5. The number of anilines is 1. The molecule has 2 rings (SSSR count). The SMILES string of the molecule is C=CCNC(=O)CN1CCN(CC(=O)Nc2ccc(Cl)c(C(F)(F)F)c2)CC1. The summed E-state index contributed by atoms with van der Waals surface area (Å²) in [5.74, 6) is -0.498. The Labute approximate surface area is 166 Å². The first kappa shape index (κ1) is 22.2. The third kappa shape index (κ3) is 6.81. The number of carbonyl (C=O) groups excluding carboxylic acids is 2. The van der Waals surface area contributed by atoms with Gasteiger partial charge >= 0.3 is 6.18 Å². The maximum atomic E-state index is 12.9. The third-order valence-corrected chi connectivity index (χ3v) is 4.53. The van der Waals surface area contributed by atoms with Crippen LogP contribution >= 0.6 is 11.6 Å². The van der Waals surface area contributed by atoms with Crippen LogP contribution in [0.5, 0.6) is 0 Å². The second kappa shape index (κ2) is 9.90. The Morgan fingerprint density at radius 3 is 2.21 bits per heavy atom. The summed E-state index contributed by atoms with van der Waals surface area (Å²) in [5.41, 5.74) is -0.949. The van der Waals surface area contributed by atoms with E-state index >= 15 is 0 Å². The van der Waals surface area contributed by atoms with Crippen molar-refractivity contribution >= 4 is 29.1 Å². The Morgan fingerprint density at radius 2 is 1.68 bits per heavy atom. The minimum atomic E-state index is -4.59. The third-order valence-electron chi connectivity index (χ3n) is 4.20. The van der Waals surface area contributed by atoms with Crippen LogP contribution in [0.4, 0.5) is 18.9 Å². The number of hydrogen-bond donors (Lipinski definition) is 2. The standard InChI is InChI=1S/C18H22ClF3N4O2/c1-2-5-23-16(27)11-25-6-8-26(9-7-25)12-17(28)24-13-3-4-15(19)14(10-13)18(20,21)22/h2-4,10H,1,5-9,11-12H2,(H,23,27)(H,24,28). The molecule has 0 atom stereocenters. The topological polar surface area (TPSA) is 64.7 Å². The van der Waals surface area contributed by atoms with Gasteiger partial charge in [-0.2, -0.15) is 13.2 Å². The maximum absolute atomic E-state index is 12.9. The number of halogens is 4. The molecule has 1 heterocycles. The highest BCUT2D eigenvalue weighted by Crippen LogP contribution is 2.36. The summed E-state index contributed by atoms with van der Waals surface area (Å²) < 4.78 is 38.7. The lowest BCUT2D eigenvalue weighted by atomic mass is 10.2. The number of carbonyl (C=O) groups is 2. The van der Waals surface area contributed by atoms with E-state index in [1.54, 1.807) is 6.08 Å². The second-order valence-electron chi connectivity index (χ2n) is 6.39. The zero-order valence-corrected chi connectivity index (χ0v) is 15.9. The smallest absolute Gasteiger partial charge is 0.352 e. The minimum absolute atomic E-state index is 0.0410. The van der Waals surface area contributed by atoms with Crippen LogP contribution in [0.3, 0.4) is 0 Å². The fourth-order valence-electron chi connectivity index (χ4n) is 2.77. The zero-order valence-electron chi connectivity index (χ0n) is 15.2. The van der Waals surface area contributed by atoms with E-state index in [0.717, 1.165) is 12.1 Å². The van der Waals surface area contributed by atoms with Crippen LogP contribution in [0.2, 0.25) is 5.02 Å². The van der Waals surface area contributed by atoms with Crippen molar-refractivity contribution in [3.8, 4) is 0 Å². The van der Waals surface area contributed by atoms with E-state index in [-0.39, 0.29) is 24.7 Å². The summed E-state index contributed by atoms with van der Waals surface area (Å²) in [6.45, 7) is 6.68. The molecule has 0 unspecified atom stereocenters. The molecular weight excluding hydrogens is 397 g/mol. The first-order valence-electron chi connectivity index (χ1n) is 8.68. The van der Waals surface area contributed by atoms with Crippen LogP contribution in [0, 0.1) is 0 Å². The van der Waals surface area contributed by atoms with Crippen LogP contribution < -0.4 is 10.6 Å². The van der Waals surface area contributed by atoms with Gasteiger partial charge in [-0.15, -0.1) is 6.58 Å². The number of benzene rings is 1. The number of hydrogen-bond acceptors (Lipinski definition) is 4. The molecule has 2 amide bonds. The van der Waals surface area contributed by atoms with Crippen molar-refractivity contribution in [3.63, 3.8) is 0 Å². The Balaban J connectivity index is 1.80. The fourth-order valence-corrected chi connectivity index (χ4v) is 3.00. The molecule has 0 radical (unpaired) electrons. The first-order valence-corrected chi connectivity index (χ1v) is 9.05. The van der Waals surface area contributed by atoms with Crippen molar-refractivity contribution in [1.82, 2.24) is 15.1 Å². The lowest BCUT2D eigenvalue weighted by molar-refractivity contribution is -0.137. The summed E-state index contributed by atoms with van der Waals surface area (Å²) in [5, 5.41) is 4.75. The Bertz CT molecular complexity index is 719. The number of nitrogens with zero attached hydrogens (tertiary/aromatic N) is 2. The molecule has 1 aliphatic rings. The highest BCUT2D eigenvalue weighted by molar-refractivity contribution is 6.31. The van der Waals surface area contributed by atoms with E-state index in [1.165, 1.54) is 6.07 Å². The molecule has 1 fully saturated rings. The van der Waals surface area contributed by atoms with Crippen molar-refractivity contribution in [2.24, 2.45) is 0 Å². The fraction of sp³-hybridized carbons (Fsp3) is 0.444. The normalized spacial score (nSPS) is 15.9. The molecule has 2 N–H and O–H groups in total. The van der Waals surface area contributed by atoms with E-state index in [9.17, 15) is 22.8 Å². The molecule has 0 spiro atoms. The number of alkyl halides is 3. The van der Waals surface area contributed by atoms with Gasteiger partial charge in [-0.1, -0.05) is 17.7 Å². The molecule has 6 nitrogen and oxygen atoms in total. The monoisotopic (exact) mass is 418 g/mol. The van der Waals surface area contributed by atoms with E-state index in [4.69, 9.17) is 11.6 Å². The van der Waals surface area contributed by atoms with Gasteiger partial charge in [0.2, 0.25) is 11.8 Å². The molecule has 1 saturated heterocycles. The van der Waals surface area contributed by atoms with Gasteiger partial charge < -0.3 is 10.6 Å². The Kier molecular flexibility index (Phi) is 7.85. The van der Waals surface area contributed by atoms with Crippen molar-refractivity contribution in [2.75, 3.05) is 51.1 Å². The molecular formula is C18H22ClF3N4O2. The Morgan fingerprint density at radius 1 is 1.11 bits per heavy atom. The van der Waals surface area contributed by atoms with Crippen LogP contribution in [-0.2, 0) is 15.8 Å². The summed E-state index contributed by atoms with van der Waals surface area (Å²) in [6, 6.07) is 3.26. The number of amides is 2. The lowest BCUT2D eigenvalue weighted by Gasteiger charge is -2.33. The summed E-state index contributed by atoms with van der Waals surface area (Å²) >= 11 is 5.57. The van der Waals surface area contributed by atoms with Gasteiger partial charge in [0.05, 0.1) is 23.7 Å². The predicted octanol–water partition coefficient (Wildman–Crippen LogP) is 2.22. The average Bonchev–Trinajstić information content (AvgIpc) is 2.62. The molecule has 0 aliphatic carbocycles. The van der Waals surface area contributed by atoms with E-state index < -0.39 is 22.7 Å². The Hall–Kier alpha value is -2.10. The zero-order chi connectivity index (χ0) is 20.7. The van der Waals surface area contributed by atoms with Crippen LogP contribution in [0.25, 0.3) is 0 Å². The number of piperazine rings is 1.